The molecule has 82 valence electrons. The van der Waals surface area contributed by atoms with Crippen molar-refractivity contribution in [3.05, 3.63) is 46.2 Å². The Morgan fingerprint density at radius 1 is 1.38 bits per heavy atom. The number of hydrogen-bond acceptors (Lipinski definition) is 3. The summed E-state index contributed by atoms with van der Waals surface area (Å²) in [4.78, 5) is 0. The summed E-state index contributed by atoms with van der Waals surface area (Å²) in [5, 5.41) is 7.79. The van der Waals surface area contributed by atoms with Gasteiger partial charge in [0.15, 0.2) is 0 Å². The molecule has 0 unspecified atom stereocenters. The third-order valence-electron chi connectivity index (χ3n) is 2.82. The lowest BCUT2D eigenvalue weighted by atomic mass is 10.1. The van der Waals surface area contributed by atoms with E-state index in [9.17, 15) is 0 Å². The summed E-state index contributed by atoms with van der Waals surface area (Å²) < 4.78 is 5.76. The van der Waals surface area contributed by atoms with Gasteiger partial charge in [-0.25, -0.2) is 0 Å². The first-order valence-corrected chi connectivity index (χ1v) is 6.29. The molecular formula is C13H13NOS. The summed E-state index contributed by atoms with van der Waals surface area (Å²) in [6.07, 6.45) is 0. The molecule has 1 atom stereocenters. The first-order valence-electron chi connectivity index (χ1n) is 5.35. The predicted octanol–water partition coefficient (Wildman–Crippen LogP) is 3.60. The van der Waals surface area contributed by atoms with Crippen LogP contribution in [0.25, 0.3) is 0 Å². The summed E-state index contributed by atoms with van der Waals surface area (Å²) in [6, 6.07) is 8.66. The van der Waals surface area contributed by atoms with Gasteiger partial charge in [-0.2, -0.15) is 11.3 Å². The van der Waals surface area contributed by atoms with E-state index in [0.29, 0.717) is 6.61 Å². The Bertz CT molecular complexity index is 493. The topological polar surface area (TPSA) is 21.3 Å². The van der Waals surface area contributed by atoms with Gasteiger partial charge in [0.25, 0.3) is 0 Å². The Kier molecular flexibility index (Phi) is 2.33. The minimum atomic E-state index is 0.278. The molecule has 0 saturated carbocycles. The minimum Gasteiger partial charge on any atom is -0.489 e. The van der Waals surface area contributed by atoms with Crippen molar-refractivity contribution in [2.45, 2.75) is 13.0 Å². The van der Waals surface area contributed by atoms with E-state index in [1.54, 1.807) is 11.3 Å². The lowest BCUT2D eigenvalue weighted by molar-refractivity contribution is 0.286. The van der Waals surface area contributed by atoms with Crippen molar-refractivity contribution in [2.24, 2.45) is 0 Å². The van der Waals surface area contributed by atoms with E-state index in [2.05, 4.69) is 41.2 Å². The van der Waals surface area contributed by atoms with E-state index in [-0.39, 0.29) is 6.04 Å². The highest BCUT2D eigenvalue weighted by Crippen LogP contribution is 2.34. The maximum absolute atomic E-state index is 5.76. The number of fused-ring (bicyclic) bond motifs is 1. The maximum atomic E-state index is 5.76. The molecule has 3 heteroatoms. The molecule has 1 N–H and O–H groups in total. The number of anilines is 1. The van der Waals surface area contributed by atoms with Crippen LogP contribution in [-0.2, 0) is 0 Å². The van der Waals surface area contributed by atoms with Gasteiger partial charge >= 0.3 is 0 Å². The predicted molar refractivity (Wildman–Crippen MR) is 67.4 cm³/mol. The molecule has 3 rings (SSSR count). The lowest BCUT2D eigenvalue weighted by Gasteiger charge is -2.27. The Morgan fingerprint density at radius 3 is 3.12 bits per heavy atom. The normalized spacial score (nSPS) is 18.4. The average Bonchev–Trinajstić information content (AvgIpc) is 2.81. The first-order chi connectivity index (χ1) is 7.83. The monoisotopic (exact) mass is 231 g/mol. The summed E-state index contributed by atoms with van der Waals surface area (Å²) in [7, 11) is 0. The van der Waals surface area contributed by atoms with E-state index in [1.165, 1.54) is 11.1 Å². The van der Waals surface area contributed by atoms with E-state index < -0.39 is 0 Å². The molecule has 0 saturated heterocycles. The van der Waals surface area contributed by atoms with Crippen molar-refractivity contribution in [2.75, 3.05) is 11.9 Å². The smallest absolute Gasteiger partial charge is 0.142 e. The van der Waals surface area contributed by atoms with Gasteiger partial charge in [0.2, 0.25) is 0 Å². The van der Waals surface area contributed by atoms with Crippen LogP contribution < -0.4 is 10.1 Å². The van der Waals surface area contributed by atoms with Crippen LogP contribution >= 0.6 is 11.3 Å². The highest BCUT2D eigenvalue weighted by atomic mass is 32.1. The second-order valence-electron chi connectivity index (χ2n) is 4.06. The lowest BCUT2D eigenvalue weighted by Crippen LogP contribution is -2.23. The van der Waals surface area contributed by atoms with Crippen LogP contribution in [-0.4, -0.2) is 6.61 Å². The van der Waals surface area contributed by atoms with Crippen molar-refractivity contribution >= 4 is 17.0 Å². The number of aryl methyl sites for hydroxylation is 1. The average molecular weight is 231 g/mol. The number of thiophene rings is 1. The highest BCUT2D eigenvalue weighted by molar-refractivity contribution is 7.08. The van der Waals surface area contributed by atoms with Crippen LogP contribution in [0.3, 0.4) is 0 Å². The zero-order valence-electron chi connectivity index (χ0n) is 9.07. The summed E-state index contributed by atoms with van der Waals surface area (Å²) in [5.74, 6) is 0.956. The number of hydrogen-bond donors (Lipinski definition) is 1. The van der Waals surface area contributed by atoms with Gasteiger partial charge in [-0.1, -0.05) is 6.07 Å². The number of benzene rings is 1. The standard InChI is InChI=1S/C13H13NOS/c1-9-2-3-13-11(6-9)14-12(7-15-13)10-4-5-16-8-10/h2-6,8,12,14H,7H2,1H3/t12-/m1/s1. The molecule has 2 nitrogen and oxygen atoms in total. The molecular weight excluding hydrogens is 218 g/mol. The molecule has 1 aliphatic heterocycles. The van der Waals surface area contributed by atoms with E-state index in [1.807, 2.05) is 6.07 Å². The van der Waals surface area contributed by atoms with Gasteiger partial charge in [0, 0.05) is 0 Å². The highest BCUT2D eigenvalue weighted by Gasteiger charge is 2.20. The second-order valence-corrected chi connectivity index (χ2v) is 4.84. The van der Waals surface area contributed by atoms with Crippen LogP contribution in [0, 0.1) is 6.92 Å². The van der Waals surface area contributed by atoms with Crippen molar-refractivity contribution in [1.82, 2.24) is 0 Å². The fraction of sp³-hybridized carbons (Fsp3) is 0.231. The van der Waals surface area contributed by atoms with Crippen LogP contribution in [0.1, 0.15) is 17.2 Å². The molecule has 0 spiro atoms. The van der Waals surface area contributed by atoms with Crippen molar-refractivity contribution < 1.29 is 4.74 Å². The summed E-state index contributed by atoms with van der Waals surface area (Å²) in [6.45, 7) is 2.79. The molecule has 1 aromatic carbocycles. The minimum absolute atomic E-state index is 0.278. The van der Waals surface area contributed by atoms with Crippen LogP contribution in [0.4, 0.5) is 5.69 Å². The summed E-state index contributed by atoms with van der Waals surface area (Å²) >= 11 is 1.72. The third-order valence-corrected chi connectivity index (χ3v) is 3.52. The third kappa shape index (κ3) is 1.67. The second kappa shape index (κ2) is 3.83. The van der Waals surface area contributed by atoms with Gasteiger partial charge < -0.3 is 10.1 Å². The SMILES string of the molecule is Cc1ccc2c(c1)N[C@@H](c1ccsc1)CO2. The molecule has 0 amide bonds. The van der Waals surface area contributed by atoms with Crippen LogP contribution in [0.2, 0.25) is 0 Å². The Morgan fingerprint density at radius 2 is 2.31 bits per heavy atom. The molecule has 0 aliphatic carbocycles. The molecule has 0 bridgehead atoms. The fourth-order valence-electron chi connectivity index (χ4n) is 1.94. The molecule has 2 heterocycles. The number of rotatable bonds is 1. The van der Waals surface area contributed by atoms with Gasteiger partial charge in [-0.05, 0) is 47.0 Å². The molecule has 0 fully saturated rings. The van der Waals surface area contributed by atoms with Gasteiger partial charge in [0.05, 0.1) is 11.7 Å². The van der Waals surface area contributed by atoms with Gasteiger partial charge in [-0.3, -0.25) is 0 Å². The van der Waals surface area contributed by atoms with Gasteiger partial charge in [0.1, 0.15) is 12.4 Å². The first kappa shape index (κ1) is 9.73. The van der Waals surface area contributed by atoms with E-state index in [0.717, 1.165) is 11.4 Å². The largest absolute Gasteiger partial charge is 0.489 e. The van der Waals surface area contributed by atoms with Crippen molar-refractivity contribution in [1.29, 1.82) is 0 Å². The number of nitrogens with one attached hydrogen (secondary N) is 1. The zero-order valence-corrected chi connectivity index (χ0v) is 9.88. The zero-order chi connectivity index (χ0) is 11.0. The molecule has 16 heavy (non-hydrogen) atoms. The van der Waals surface area contributed by atoms with E-state index >= 15 is 0 Å². The van der Waals surface area contributed by atoms with Crippen LogP contribution in [0.15, 0.2) is 35.0 Å². The number of ether oxygens (including phenoxy) is 1. The van der Waals surface area contributed by atoms with Gasteiger partial charge in [-0.15, -0.1) is 0 Å². The quantitative estimate of drug-likeness (QED) is 0.809. The van der Waals surface area contributed by atoms with Crippen molar-refractivity contribution in [3.63, 3.8) is 0 Å². The molecule has 2 aromatic rings. The van der Waals surface area contributed by atoms with E-state index in [4.69, 9.17) is 4.74 Å². The molecule has 0 radical (unpaired) electrons. The summed E-state index contributed by atoms with van der Waals surface area (Å²) in [5.41, 5.74) is 3.65. The fourth-order valence-corrected chi connectivity index (χ4v) is 2.65. The Labute approximate surface area is 98.9 Å². The Balaban J connectivity index is 1.91. The molecule has 1 aliphatic rings. The van der Waals surface area contributed by atoms with Crippen LogP contribution in [0.5, 0.6) is 5.75 Å². The maximum Gasteiger partial charge on any atom is 0.142 e. The van der Waals surface area contributed by atoms with Crippen molar-refractivity contribution in [3.8, 4) is 5.75 Å². The Hall–Kier alpha value is -1.48. The molecule has 1 aromatic heterocycles.